The van der Waals surface area contributed by atoms with E-state index in [-0.39, 0.29) is 0 Å². The molecule has 0 aliphatic carbocycles. The molecule has 0 spiro atoms. The van der Waals surface area contributed by atoms with Crippen LogP contribution in [0.1, 0.15) is 12.5 Å². The van der Waals surface area contributed by atoms with E-state index in [1.165, 1.54) is 11.1 Å². The zero-order valence-electron chi connectivity index (χ0n) is 11.4. The van der Waals surface area contributed by atoms with E-state index in [2.05, 4.69) is 48.7 Å². The first-order chi connectivity index (χ1) is 9.19. The van der Waals surface area contributed by atoms with Crippen LogP contribution < -0.4 is 0 Å². The maximum Gasteiger partial charge on any atom is 0.115 e. The van der Waals surface area contributed by atoms with Gasteiger partial charge >= 0.3 is 0 Å². The van der Waals surface area contributed by atoms with Crippen molar-refractivity contribution in [3.05, 3.63) is 78.5 Å². The molecule has 2 aromatic rings. The fraction of sp³-hybridized carbons (Fsp3) is 0.167. The average molecular weight is 250 g/mol. The van der Waals surface area contributed by atoms with Crippen LogP contribution in [0, 0.1) is 0 Å². The highest BCUT2D eigenvalue weighted by Gasteiger charge is 2.22. The molecule has 0 aromatic heterocycles. The smallest absolute Gasteiger partial charge is 0.115 e. The molecule has 0 aliphatic rings. The molecule has 0 fully saturated rings. The molecule has 0 saturated carbocycles. The number of hydrogen-bond donors (Lipinski definition) is 0. The number of ether oxygens (including phenoxy) is 1. The third kappa shape index (κ3) is 2.85. The molecule has 1 atom stereocenters. The summed E-state index contributed by atoms with van der Waals surface area (Å²) < 4.78 is 5.55. The standard InChI is InChI=1S/C18H18O/c1-4-14-18(2,19-3)17-12-10-16(11-13-17)15-8-6-5-7-9-15/h5-14H,1H2,2-3H3. The zero-order valence-corrected chi connectivity index (χ0v) is 11.4. The summed E-state index contributed by atoms with van der Waals surface area (Å²) in [5.74, 6) is 0. The lowest BCUT2D eigenvalue weighted by atomic mass is 9.93. The van der Waals surface area contributed by atoms with Gasteiger partial charge in [0.15, 0.2) is 0 Å². The lowest BCUT2D eigenvalue weighted by Gasteiger charge is -2.24. The van der Waals surface area contributed by atoms with Crippen molar-refractivity contribution in [1.29, 1.82) is 0 Å². The highest BCUT2D eigenvalue weighted by molar-refractivity contribution is 5.63. The molecule has 0 aliphatic heterocycles. The first kappa shape index (κ1) is 13.4. The van der Waals surface area contributed by atoms with Gasteiger partial charge in [-0.25, -0.2) is 0 Å². The molecule has 0 saturated heterocycles. The topological polar surface area (TPSA) is 9.23 Å². The molecule has 1 heteroatoms. The van der Waals surface area contributed by atoms with E-state index < -0.39 is 5.60 Å². The summed E-state index contributed by atoms with van der Waals surface area (Å²) in [7, 11) is 1.69. The number of rotatable bonds is 4. The third-order valence-electron chi connectivity index (χ3n) is 3.37. The average Bonchev–Trinajstić information content (AvgIpc) is 2.48. The van der Waals surface area contributed by atoms with Gasteiger partial charge in [0.25, 0.3) is 0 Å². The minimum atomic E-state index is -0.475. The van der Waals surface area contributed by atoms with E-state index in [1.807, 2.05) is 31.2 Å². The molecule has 2 rings (SSSR count). The Kier molecular flexibility index (Phi) is 4.01. The van der Waals surface area contributed by atoms with E-state index in [0.717, 1.165) is 5.56 Å². The molecular formula is C18H18O. The summed E-state index contributed by atoms with van der Waals surface area (Å²) in [6, 6.07) is 18.7. The van der Waals surface area contributed by atoms with Gasteiger partial charge in [0.2, 0.25) is 0 Å². The summed E-state index contributed by atoms with van der Waals surface area (Å²) in [6.45, 7) is 5.63. The van der Waals surface area contributed by atoms with E-state index in [9.17, 15) is 0 Å². The minimum Gasteiger partial charge on any atom is -0.369 e. The highest BCUT2D eigenvalue weighted by Crippen LogP contribution is 2.28. The van der Waals surface area contributed by atoms with E-state index >= 15 is 0 Å². The van der Waals surface area contributed by atoms with Crippen molar-refractivity contribution in [2.45, 2.75) is 12.5 Å². The predicted octanol–water partition coefficient (Wildman–Crippen LogP) is 4.56. The Bertz CT molecular complexity index is 577. The van der Waals surface area contributed by atoms with Gasteiger partial charge in [-0.05, 0) is 29.7 Å². The molecular weight excluding hydrogens is 232 g/mol. The highest BCUT2D eigenvalue weighted by atomic mass is 16.5. The molecule has 0 bridgehead atoms. The van der Waals surface area contributed by atoms with Crippen molar-refractivity contribution in [3.63, 3.8) is 0 Å². The van der Waals surface area contributed by atoms with Crippen LogP contribution >= 0.6 is 0 Å². The van der Waals surface area contributed by atoms with Gasteiger partial charge in [-0.3, -0.25) is 0 Å². The van der Waals surface area contributed by atoms with Crippen LogP contribution in [0.4, 0.5) is 0 Å². The van der Waals surface area contributed by atoms with Crippen LogP contribution in [0.5, 0.6) is 0 Å². The van der Waals surface area contributed by atoms with E-state index in [0.29, 0.717) is 0 Å². The van der Waals surface area contributed by atoms with Crippen molar-refractivity contribution >= 4 is 0 Å². The Balaban J connectivity index is 2.36. The molecule has 1 nitrogen and oxygen atoms in total. The molecule has 0 N–H and O–H groups in total. The maximum absolute atomic E-state index is 5.55. The molecule has 0 radical (unpaired) electrons. The summed E-state index contributed by atoms with van der Waals surface area (Å²) in [4.78, 5) is 0. The number of hydrogen-bond acceptors (Lipinski definition) is 1. The van der Waals surface area contributed by atoms with Gasteiger partial charge in [0, 0.05) is 7.11 Å². The first-order valence-corrected chi connectivity index (χ1v) is 6.28. The Labute approximate surface area is 114 Å². The Hall–Kier alpha value is -2.08. The minimum absolute atomic E-state index is 0.475. The van der Waals surface area contributed by atoms with Crippen molar-refractivity contribution < 1.29 is 4.74 Å². The van der Waals surface area contributed by atoms with Crippen LogP contribution in [0.25, 0.3) is 11.1 Å². The largest absolute Gasteiger partial charge is 0.369 e. The Morgan fingerprint density at radius 2 is 1.58 bits per heavy atom. The molecule has 0 heterocycles. The van der Waals surface area contributed by atoms with Gasteiger partial charge in [-0.2, -0.15) is 0 Å². The van der Waals surface area contributed by atoms with Crippen LogP contribution in [0.15, 0.2) is 73.0 Å². The normalized spacial score (nSPS) is 13.4. The molecule has 19 heavy (non-hydrogen) atoms. The molecule has 1 unspecified atom stereocenters. The van der Waals surface area contributed by atoms with Crippen molar-refractivity contribution in [2.24, 2.45) is 0 Å². The van der Waals surface area contributed by atoms with Crippen molar-refractivity contribution in [1.82, 2.24) is 0 Å². The summed E-state index contributed by atoms with van der Waals surface area (Å²) in [5.41, 5.74) is 5.83. The van der Waals surface area contributed by atoms with Gasteiger partial charge in [0.1, 0.15) is 5.60 Å². The third-order valence-corrected chi connectivity index (χ3v) is 3.37. The Morgan fingerprint density at radius 3 is 2.11 bits per heavy atom. The van der Waals surface area contributed by atoms with Gasteiger partial charge in [-0.1, -0.05) is 61.2 Å². The van der Waals surface area contributed by atoms with Crippen molar-refractivity contribution in [3.8, 4) is 11.1 Å². The number of benzene rings is 2. The second-order valence-electron chi connectivity index (χ2n) is 4.60. The molecule has 2 aromatic carbocycles. The lowest BCUT2D eigenvalue weighted by Crippen LogP contribution is -2.20. The summed E-state index contributed by atoms with van der Waals surface area (Å²) >= 11 is 0. The second kappa shape index (κ2) is 5.71. The van der Waals surface area contributed by atoms with Crippen molar-refractivity contribution in [2.75, 3.05) is 7.11 Å². The maximum atomic E-state index is 5.55. The first-order valence-electron chi connectivity index (χ1n) is 6.28. The van der Waals surface area contributed by atoms with Gasteiger partial charge in [-0.15, -0.1) is 5.73 Å². The monoisotopic (exact) mass is 250 g/mol. The van der Waals surface area contributed by atoms with Gasteiger partial charge in [0.05, 0.1) is 0 Å². The zero-order chi connectivity index (χ0) is 13.7. The summed E-state index contributed by atoms with van der Waals surface area (Å²) in [5, 5.41) is 0. The van der Waals surface area contributed by atoms with Gasteiger partial charge < -0.3 is 4.74 Å². The quantitative estimate of drug-likeness (QED) is 0.723. The summed E-state index contributed by atoms with van der Waals surface area (Å²) in [6.07, 6.45) is 1.84. The lowest BCUT2D eigenvalue weighted by molar-refractivity contribution is 0.0464. The fourth-order valence-corrected chi connectivity index (χ4v) is 2.08. The second-order valence-corrected chi connectivity index (χ2v) is 4.60. The number of methoxy groups -OCH3 is 1. The van der Waals surface area contributed by atoms with Crippen LogP contribution in [-0.4, -0.2) is 7.11 Å². The van der Waals surface area contributed by atoms with Crippen LogP contribution in [0.2, 0.25) is 0 Å². The van der Waals surface area contributed by atoms with Crippen LogP contribution in [0.3, 0.4) is 0 Å². The van der Waals surface area contributed by atoms with Crippen LogP contribution in [-0.2, 0) is 10.3 Å². The molecule has 96 valence electrons. The molecule has 0 amide bonds. The van der Waals surface area contributed by atoms with E-state index in [1.54, 1.807) is 7.11 Å². The predicted molar refractivity (Wildman–Crippen MR) is 79.9 cm³/mol. The Morgan fingerprint density at radius 1 is 1.00 bits per heavy atom. The van der Waals surface area contributed by atoms with E-state index in [4.69, 9.17) is 4.74 Å². The fourth-order valence-electron chi connectivity index (χ4n) is 2.08. The SMILES string of the molecule is C=C=CC(C)(OC)c1ccc(-c2ccccc2)cc1.